The SMILES string of the molecule is CNC(CCCNC(C)N)C(N)=O. The highest BCUT2D eigenvalue weighted by molar-refractivity contribution is 5.79. The van der Waals surface area contributed by atoms with Gasteiger partial charge in [0.2, 0.25) is 5.91 Å². The summed E-state index contributed by atoms with van der Waals surface area (Å²) in [5.74, 6) is -0.303. The molecule has 1 amide bonds. The summed E-state index contributed by atoms with van der Waals surface area (Å²) in [5, 5.41) is 5.92. The lowest BCUT2D eigenvalue weighted by atomic mass is 10.1. The molecule has 0 saturated carbocycles. The van der Waals surface area contributed by atoms with Gasteiger partial charge in [0.25, 0.3) is 0 Å². The summed E-state index contributed by atoms with van der Waals surface area (Å²) in [6, 6.07) is -0.227. The molecule has 0 spiro atoms. The third kappa shape index (κ3) is 6.51. The van der Waals surface area contributed by atoms with Gasteiger partial charge < -0.3 is 22.1 Å². The van der Waals surface area contributed by atoms with Crippen molar-refractivity contribution in [1.82, 2.24) is 10.6 Å². The Kier molecular flexibility index (Phi) is 6.48. The van der Waals surface area contributed by atoms with Gasteiger partial charge in [-0.3, -0.25) is 4.79 Å². The molecule has 0 aliphatic rings. The van der Waals surface area contributed by atoms with E-state index in [0.29, 0.717) is 0 Å². The van der Waals surface area contributed by atoms with Crippen molar-refractivity contribution in [2.24, 2.45) is 11.5 Å². The van der Waals surface area contributed by atoms with Crippen LogP contribution in [0.2, 0.25) is 0 Å². The average molecular weight is 188 g/mol. The molecule has 0 heterocycles. The van der Waals surface area contributed by atoms with Gasteiger partial charge in [-0.2, -0.15) is 0 Å². The monoisotopic (exact) mass is 188 g/mol. The van der Waals surface area contributed by atoms with Crippen LogP contribution in [0.1, 0.15) is 19.8 Å². The zero-order chi connectivity index (χ0) is 10.3. The molecule has 5 heteroatoms. The molecule has 0 aliphatic carbocycles. The topological polar surface area (TPSA) is 93.2 Å². The number of hydrogen-bond donors (Lipinski definition) is 4. The van der Waals surface area contributed by atoms with Crippen molar-refractivity contribution in [3.63, 3.8) is 0 Å². The molecular formula is C8H20N4O. The third-order valence-electron chi connectivity index (χ3n) is 1.83. The second-order valence-electron chi connectivity index (χ2n) is 3.13. The van der Waals surface area contributed by atoms with Crippen LogP contribution in [0.5, 0.6) is 0 Å². The van der Waals surface area contributed by atoms with Crippen molar-refractivity contribution >= 4 is 5.91 Å². The van der Waals surface area contributed by atoms with Crippen molar-refractivity contribution in [3.8, 4) is 0 Å². The van der Waals surface area contributed by atoms with E-state index in [-0.39, 0.29) is 18.1 Å². The van der Waals surface area contributed by atoms with Crippen molar-refractivity contribution in [2.75, 3.05) is 13.6 Å². The van der Waals surface area contributed by atoms with E-state index in [9.17, 15) is 4.79 Å². The third-order valence-corrected chi connectivity index (χ3v) is 1.83. The minimum absolute atomic E-state index is 0.00149. The maximum Gasteiger partial charge on any atom is 0.234 e. The van der Waals surface area contributed by atoms with E-state index in [2.05, 4.69) is 10.6 Å². The molecule has 0 fully saturated rings. The number of hydrogen-bond acceptors (Lipinski definition) is 4. The van der Waals surface area contributed by atoms with Crippen LogP contribution in [0, 0.1) is 0 Å². The molecule has 0 aliphatic heterocycles. The van der Waals surface area contributed by atoms with Gasteiger partial charge in [0, 0.05) is 0 Å². The zero-order valence-electron chi connectivity index (χ0n) is 8.34. The van der Waals surface area contributed by atoms with Crippen LogP contribution in [-0.2, 0) is 4.79 Å². The molecule has 2 unspecified atom stereocenters. The predicted octanol–water partition coefficient (Wildman–Crippen LogP) is -1.27. The van der Waals surface area contributed by atoms with Gasteiger partial charge in [-0.1, -0.05) is 0 Å². The second kappa shape index (κ2) is 6.82. The molecule has 0 aromatic carbocycles. The molecule has 0 saturated heterocycles. The Morgan fingerprint density at radius 1 is 1.54 bits per heavy atom. The minimum atomic E-state index is -0.303. The second-order valence-corrected chi connectivity index (χ2v) is 3.13. The summed E-state index contributed by atoms with van der Waals surface area (Å²) >= 11 is 0. The summed E-state index contributed by atoms with van der Waals surface area (Å²) in [6.07, 6.45) is 1.63. The first-order valence-corrected chi connectivity index (χ1v) is 4.53. The predicted molar refractivity (Wildman–Crippen MR) is 52.9 cm³/mol. The number of rotatable bonds is 7. The van der Waals surface area contributed by atoms with E-state index < -0.39 is 0 Å². The van der Waals surface area contributed by atoms with E-state index in [1.54, 1.807) is 7.05 Å². The first kappa shape index (κ1) is 12.3. The van der Waals surface area contributed by atoms with Crippen LogP contribution in [0.3, 0.4) is 0 Å². The summed E-state index contributed by atoms with van der Waals surface area (Å²) in [7, 11) is 1.73. The largest absolute Gasteiger partial charge is 0.368 e. The lowest BCUT2D eigenvalue weighted by Crippen LogP contribution is -2.40. The van der Waals surface area contributed by atoms with Gasteiger partial charge in [0.15, 0.2) is 0 Å². The van der Waals surface area contributed by atoms with Gasteiger partial charge in [0.1, 0.15) is 0 Å². The van der Waals surface area contributed by atoms with Gasteiger partial charge in [-0.15, -0.1) is 0 Å². The highest BCUT2D eigenvalue weighted by atomic mass is 16.1. The Hall–Kier alpha value is -0.650. The smallest absolute Gasteiger partial charge is 0.234 e. The fraction of sp³-hybridized carbons (Fsp3) is 0.875. The maximum atomic E-state index is 10.8. The highest BCUT2D eigenvalue weighted by Gasteiger charge is 2.11. The van der Waals surface area contributed by atoms with Crippen molar-refractivity contribution in [2.45, 2.75) is 32.0 Å². The molecule has 2 atom stereocenters. The zero-order valence-corrected chi connectivity index (χ0v) is 8.34. The number of carbonyl (C=O) groups excluding carboxylic acids is 1. The number of likely N-dealkylation sites (N-methyl/N-ethyl adjacent to an activating group) is 1. The molecule has 0 aromatic heterocycles. The fourth-order valence-electron chi connectivity index (χ4n) is 1.06. The first-order chi connectivity index (χ1) is 6.07. The number of primary amides is 1. The Bertz CT molecular complexity index is 149. The average Bonchev–Trinajstić information content (AvgIpc) is 2.03. The number of amides is 1. The van der Waals surface area contributed by atoms with Crippen LogP contribution in [0.4, 0.5) is 0 Å². The molecule has 0 bridgehead atoms. The Morgan fingerprint density at radius 3 is 2.54 bits per heavy atom. The van der Waals surface area contributed by atoms with E-state index >= 15 is 0 Å². The molecule has 78 valence electrons. The lowest BCUT2D eigenvalue weighted by Gasteiger charge is -2.13. The van der Waals surface area contributed by atoms with Gasteiger partial charge in [-0.25, -0.2) is 0 Å². The number of carbonyl (C=O) groups is 1. The molecule has 13 heavy (non-hydrogen) atoms. The normalized spacial score (nSPS) is 15.3. The van der Waals surface area contributed by atoms with Crippen LogP contribution in [0.25, 0.3) is 0 Å². The lowest BCUT2D eigenvalue weighted by molar-refractivity contribution is -0.120. The quantitative estimate of drug-likeness (QED) is 0.296. The Morgan fingerprint density at radius 2 is 2.15 bits per heavy atom. The van der Waals surface area contributed by atoms with Crippen LogP contribution in [-0.4, -0.2) is 31.7 Å². The molecule has 0 rings (SSSR count). The minimum Gasteiger partial charge on any atom is -0.368 e. The summed E-state index contributed by atoms with van der Waals surface area (Å²) in [4.78, 5) is 10.8. The molecule has 0 aromatic rings. The van der Waals surface area contributed by atoms with Crippen LogP contribution >= 0.6 is 0 Å². The maximum absolute atomic E-state index is 10.8. The summed E-state index contributed by atoms with van der Waals surface area (Å²) < 4.78 is 0. The van der Waals surface area contributed by atoms with Gasteiger partial charge >= 0.3 is 0 Å². The molecule has 5 nitrogen and oxygen atoms in total. The van der Waals surface area contributed by atoms with Gasteiger partial charge in [-0.05, 0) is 33.4 Å². The van der Waals surface area contributed by atoms with E-state index in [4.69, 9.17) is 11.5 Å². The number of nitrogens with two attached hydrogens (primary N) is 2. The van der Waals surface area contributed by atoms with Crippen LogP contribution < -0.4 is 22.1 Å². The molecule has 6 N–H and O–H groups in total. The highest BCUT2D eigenvalue weighted by Crippen LogP contribution is 1.94. The Labute approximate surface area is 79.2 Å². The summed E-state index contributed by atoms with van der Waals surface area (Å²) in [6.45, 7) is 2.69. The first-order valence-electron chi connectivity index (χ1n) is 4.53. The fourth-order valence-corrected chi connectivity index (χ4v) is 1.06. The number of nitrogens with one attached hydrogen (secondary N) is 2. The van der Waals surface area contributed by atoms with Crippen LogP contribution in [0.15, 0.2) is 0 Å². The van der Waals surface area contributed by atoms with Crippen molar-refractivity contribution in [3.05, 3.63) is 0 Å². The van der Waals surface area contributed by atoms with E-state index in [1.165, 1.54) is 0 Å². The summed E-state index contributed by atoms with van der Waals surface area (Å²) in [5.41, 5.74) is 10.6. The van der Waals surface area contributed by atoms with Gasteiger partial charge in [0.05, 0.1) is 12.2 Å². The standard InChI is InChI=1S/C8H20N4O/c1-6(9)12-5-3-4-7(11-2)8(10)13/h6-7,11-12H,3-5,9H2,1-2H3,(H2,10,13). The van der Waals surface area contributed by atoms with Crippen molar-refractivity contribution < 1.29 is 4.79 Å². The van der Waals surface area contributed by atoms with E-state index in [1.807, 2.05) is 6.92 Å². The molecule has 0 radical (unpaired) electrons. The Balaban J connectivity index is 3.44. The van der Waals surface area contributed by atoms with Crippen molar-refractivity contribution in [1.29, 1.82) is 0 Å². The molecular weight excluding hydrogens is 168 g/mol. The van der Waals surface area contributed by atoms with E-state index in [0.717, 1.165) is 19.4 Å².